The molecule has 5 heteroatoms. The van der Waals surface area contributed by atoms with E-state index < -0.39 is 5.60 Å². The molecule has 1 saturated heterocycles. The van der Waals surface area contributed by atoms with Crippen molar-refractivity contribution >= 4 is 5.97 Å². The summed E-state index contributed by atoms with van der Waals surface area (Å²) in [6.45, 7) is 8.78. The van der Waals surface area contributed by atoms with Crippen molar-refractivity contribution in [1.29, 1.82) is 0 Å². The monoisotopic (exact) mass is 336 g/mol. The Morgan fingerprint density at radius 1 is 1.25 bits per heavy atom. The fourth-order valence-electron chi connectivity index (χ4n) is 3.30. The summed E-state index contributed by atoms with van der Waals surface area (Å²) in [5, 5.41) is 2.32. The van der Waals surface area contributed by atoms with Crippen molar-refractivity contribution in [3.05, 3.63) is 23.8 Å². The summed E-state index contributed by atoms with van der Waals surface area (Å²) in [4.78, 5) is 12.4. The average molecular weight is 336 g/mol. The normalized spacial score (nSPS) is 15.8. The fraction of sp³-hybridized carbons (Fsp3) is 0.632. The Morgan fingerprint density at radius 2 is 1.96 bits per heavy atom. The third-order valence-corrected chi connectivity index (χ3v) is 4.67. The Morgan fingerprint density at radius 3 is 2.58 bits per heavy atom. The summed E-state index contributed by atoms with van der Waals surface area (Å²) in [5.74, 6) is 1.57. The lowest BCUT2D eigenvalue weighted by atomic mass is 9.83. The first-order valence-electron chi connectivity index (χ1n) is 8.79. The number of hydrogen-bond donors (Lipinski definition) is 1. The van der Waals surface area contributed by atoms with Crippen LogP contribution in [0.25, 0.3) is 0 Å². The van der Waals surface area contributed by atoms with Gasteiger partial charge in [0.15, 0.2) is 11.5 Å². The molecule has 1 aromatic rings. The molecule has 0 atom stereocenters. The van der Waals surface area contributed by atoms with Gasteiger partial charge in [-0.15, -0.1) is 0 Å². The minimum absolute atomic E-state index is 0.194. The molecule has 1 heterocycles. The molecule has 1 fully saturated rings. The average Bonchev–Trinajstić information content (AvgIpc) is 2.56. The maximum absolute atomic E-state index is 12.4. The van der Waals surface area contributed by atoms with E-state index in [1.165, 1.54) is 0 Å². The number of piperidine rings is 1. The first-order valence-corrected chi connectivity index (χ1v) is 8.79. The van der Waals surface area contributed by atoms with E-state index >= 15 is 0 Å². The van der Waals surface area contributed by atoms with Gasteiger partial charge in [0, 0.05) is 18.8 Å². The second-order valence-electron chi connectivity index (χ2n) is 6.81. The Labute approximate surface area is 144 Å². The maximum Gasteiger partial charge on any atom is 0.310 e. The van der Waals surface area contributed by atoms with Crippen LogP contribution in [0, 0.1) is 5.92 Å². The van der Waals surface area contributed by atoms with Gasteiger partial charge in [-0.05, 0) is 38.5 Å². The van der Waals surface area contributed by atoms with Crippen molar-refractivity contribution in [3.63, 3.8) is 0 Å². The van der Waals surface area contributed by atoms with Gasteiger partial charge in [0.25, 0.3) is 0 Å². The van der Waals surface area contributed by atoms with Crippen molar-refractivity contribution < 1.29 is 24.3 Å². The van der Waals surface area contributed by atoms with Crippen molar-refractivity contribution in [3.8, 4) is 11.5 Å². The highest BCUT2D eigenvalue weighted by Crippen LogP contribution is 2.30. The molecular weight excluding hydrogens is 306 g/mol. The summed E-state index contributed by atoms with van der Waals surface area (Å²) >= 11 is 0. The molecule has 0 spiro atoms. The first-order chi connectivity index (χ1) is 11.5. The van der Waals surface area contributed by atoms with Gasteiger partial charge in [-0.2, -0.15) is 0 Å². The molecule has 0 amide bonds. The number of carbonyl (C=O) groups is 1. The predicted molar refractivity (Wildman–Crippen MR) is 92.4 cm³/mol. The Balaban J connectivity index is 1.98. The lowest BCUT2D eigenvalue weighted by molar-refractivity contribution is -0.665. The Bertz CT molecular complexity index is 550. The van der Waals surface area contributed by atoms with E-state index in [4.69, 9.17) is 14.2 Å². The van der Waals surface area contributed by atoms with Gasteiger partial charge >= 0.3 is 5.97 Å². The molecule has 1 aliphatic rings. The summed E-state index contributed by atoms with van der Waals surface area (Å²) in [6.07, 6.45) is 2.43. The zero-order valence-electron chi connectivity index (χ0n) is 15.3. The lowest BCUT2D eigenvalue weighted by Gasteiger charge is -2.35. The summed E-state index contributed by atoms with van der Waals surface area (Å²) in [7, 11) is 1.60. The van der Waals surface area contributed by atoms with Gasteiger partial charge in [-0.25, -0.2) is 0 Å². The van der Waals surface area contributed by atoms with E-state index in [1.54, 1.807) is 7.11 Å². The Hall–Kier alpha value is -1.75. The number of hydrogen-bond acceptors (Lipinski definition) is 4. The van der Waals surface area contributed by atoms with Crippen LogP contribution in [-0.2, 0) is 16.0 Å². The molecule has 1 aromatic carbocycles. The zero-order valence-corrected chi connectivity index (χ0v) is 15.3. The summed E-state index contributed by atoms with van der Waals surface area (Å²) < 4.78 is 16.6. The lowest BCUT2D eigenvalue weighted by Crippen LogP contribution is -2.86. The molecule has 2 rings (SSSR count). The Kier molecular flexibility index (Phi) is 6.49. The number of ether oxygens (including phenoxy) is 3. The van der Waals surface area contributed by atoms with Crippen LogP contribution in [0.4, 0.5) is 0 Å². The van der Waals surface area contributed by atoms with Crippen LogP contribution >= 0.6 is 0 Å². The molecule has 0 bridgehead atoms. The smallest absolute Gasteiger partial charge is 0.310 e. The molecule has 5 nitrogen and oxygen atoms in total. The molecule has 0 unspecified atom stereocenters. The second-order valence-corrected chi connectivity index (χ2v) is 6.81. The SMILES string of the molecule is CCOc1ccc(CC(=O)OC(C)(C)C2CC[NH2+]CC2)cc1OC. The number of quaternary nitrogens is 1. The molecule has 1 aliphatic heterocycles. The van der Waals surface area contributed by atoms with E-state index in [9.17, 15) is 4.79 Å². The highest BCUT2D eigenvalue weighted by molar-refractivity contribution is 5.73. The number of benzene rings is 1. The van der Waals surface area contributed by atoms with Gasteiger partial charge < -0.3 is 19.5 Å². The molecule has 0 aromatic heterocycles. The van der Waals surface area contributed by atoms with Crippen LogP contribution in [0.1, 0.15) is 39.2 Å². The van der Waals surface area contributed by atoms with Crippen LogP contribution in [-0.4, -0.2) is 38.4 Å². The third-order valence-electron chi connectivity index (χ3n) is 4.67. The maximum atomic E-state index is 12.4. The van der Waals surface area contributed by atoms with E-state index in [1.807, 2.05) is 39.0 Å². The molecule has 0 saturated carbocycles. The number of rotatable bonds is 7. The van der Waals surface area contributed by atoms with Crippen LogP contribution in [0.5, 0.6) is 11.5 Å². The summed E-state index contributed by atoms with van der Waals surface area (Å²) in [5.41, 5.74) is 0.453. The first kappa shape index (κ1) is 18.6. The number of methoxy groups -OCH3 is 1. The van der Waals surface area contributed by atoms with Crippen LogP contribution < -0.4 is 14.8 Å². The molecule has 134 valence electrons. The van der Waals surface area contributed by atoms with E-state index in [0.717, 1.165) is 31.5 Å². The van der Waals surface area contributed by atoms with Gasteiger partial charge in [0.05, 0.1) is 33.2 Å². The molecule has 0 radical (unpaired) electrons. The van der Waals surface area contributed by atoms with Gasteiger partial charge in [0.2, 0.25) is 0 Å². The topological polar surface area (TPSA) is 61.4 Å². The molecular formula is C19H30NO4+. The highest BCUT2D eigenvalue weighted by atomic mass is 16.6. The molecule has 2 N–H and O–H groups in total. The van der Waals surface area contributed by atoms with Crippen LogP contribution in [0.15, 0.2) is 18.2 Å². The largest absolute Gasteiger partial charge is 0.493 e. The number of nitrogens with two attached hydrogens (primary N) is 1. The van der Waals surface area contributed by atoms with Crippen molar-refractivity contribution in [1.82, 2.24) is 0 Å². The molecule has 0 aliphatic carbocycles. The van der Waals surface area contributed by atoms with Crippen LogP contribution in [0.3, 0.4) is 0 Å². The van der Waals surface area contributed by atoms with Gasteiger partial charge in [-0.3, -0.25) is 4.79 Å². The highest BCUT2D eigenvalue weighted by Gasteiger charge is 2.35. The molecule has 24 heavy (non-hydrogen) atoms. The fourth-order valence-corrected chi connectivity index (χ4v) is 3.30. The number of esters is 1. The summed E-state index contributed by atoms with van der Waals surface area (Å²) in [6, 6.07) is 5.57. The van der Waals surface area contributed by atoms with Gasteiger partial charge in [0.1, 0.15) is 5.60 Å². The van der Waals surface area contributed by atoms with Crippen molar-refractivity contribution in [2.45, 2.75) is 45.6 Å². The number of carbonyl (C=O) groups excluding carboxylic acids is 1. The van der Waals surface area contributed by atoms with Gasteiger partial charge in [-0.1, -0.05) is 6.07 Å². The van der Waals surface area contributed by atoms with E-state index in [-0.39, 0.29) is 12.4 Å². The van der Waals surface area contributed by atoms with E-state index in [0.29, 0.717) is 24.0 Å². The second kappa shape index (κ2) is 8.38. The third kappa shape index (κ3) is 4.87. The predicted octanol–water partition coefficient (Wildman–Crippen LogP) is 1.93. The quantitative estimate of drug-likeness (QED) is 0.773. The minimum Gasteiger partial charge on any atom is -0.493 e. The standard InChI is InChI=1S/C19H29NO4/c1-5-23-16-7-6-14(12-17(16)22-4)13-18(21)24-19(2,3)15-8-10-20-11-9-15/h6-7,12,15,20H,5,8-11,13H2,1-4H3/p+1. The van der Waals surface area contributed by atoms with Crippen LogP contribution in [0.2, 0.25) is 0 Å². The van der Waals surface area contributed by atoms with E-state index in [2.05, 4.69) is 5.32 Å². The van der Waals surface area contributed by atoms with Crippen molar-refractivity contribution in [2.75, 3.05) is 26.8 Å². The van der Waals surface area contributed by atoms with Crippen molar-refractivity contribution in [2.24, 2.45) is 5.92 Å². The zero-order chi connectivity index (χ0) is 17.6. The minimum atomic E-state index is -0.416.